The lowest BCUT2D eigenvalue weighted by Crippen LogP contribution is -2.49. The van der Waals surface area contributed by atoms with Gasteiger partial charge >= 0.3 is 0 Å². The summed E-state index contributed by atoms with van der Waals surface area (Å²) in [6.45, 7) is 6.19. The fourth-order valence-electron chi connectivity index (χ4n) is 5.23. The van der Waals surface area contributed by atoms with Crippen LogP contribution in [0.15, 0.2) is 60.0 Å². The summed E-state index contributed by atoms with van der Waals surface area (Å²) in [4.78, 5) is 34.5. The van der Waals surface area contributed by atoms with Gasteiger partial charge in [-0.1, -0.05) is 17.7 Å². The average Bonchev–Trinajstić information content (AvgIpc) is 3.63. The van der Waals surface area contributed by atoms with Crippen molar-refractivity contribution in [2.75, 3.05) is 45.9 Å². The summed E-state index contributed by atoms with van der Waals surface area (Å²) < 4.78 is 19.4. The van der Waals surface area contributed by atoms with E-state index in [0.717, 1.165) is 37.2 Å². The Kier molecular flexibility index (Phi) is 8.39. The summed E-state index contributed by atoms with van der Waals surface area (Å²) in [5, 5.41) is 2.05. The standard InChI is InChI=1S/C30H34FN3O3S/c1-22-4-6-23(7-5-22)30(36)33(18-17-32-14-2-3-15-32)20-29(35)34-16-12-28-26(13-19-38-28)27(34)21-37-25-10-8-24(31)9-11-25/h4-11,13,19,27H,2-3,12,14-18,20-21H2,1H3. The minimum absolute atomic E-state index is 0.0209. The minimum atomic E-state index is -0.320. The predicted molar refractivity (Wildman–Crippen MR) is 147 cm³/mol. The summed E-state index contributed by atoms with van der Waals surface area (Å²) in [6, 6.07) is 15.2. The Balaban J connectivity index is 1.33. The summed E-state index contributed by atoms with van der Waals surface area (Å²) in [7, 11) is 0. The first-order chi connectivity index (χ1) is 18.5. The summed E-state index contributed by atoms with van der Waals surface area (Å²) >= 11 is 1.69. The van der Waals surface area contributed by atoms with Crippen molar-refractivity contribution in [2.45, 2.75) is 32.2 Å². The van der Waals surface area contributed by atoms with Crippen LogP contribution in [0, 0.1) is 12.7 Å². The number of thiophene rings is 1. The molecule has 1 unspecified atom stereocenters. The fraction of sp³-hybridized carbons (Fsp3) is 0.400. The van der Waals surface area contributed by atoms with E-state index >= 15 is 0 Å². The third-order valence-corrected chi connectivity index (χ3v) is 8.43. The van der Waals surface area contributed by atoms with Crippen LogP contribution in [0.25, 0.3) is 0 Å². The molecule has 0 radical (unpaired) electrons. The maximum absolute atomic E-state index is 13.8. The highest BCUT2D eigenvalue weighted by molar-refractivity contribution is 7.10. The van der Waals surface area contributed by atoms with Gasteiger partial charge < -0.3 is 19.4 Å². The van der Waals surface area contributed by atoms with Gasteiger partial charge in [-0.25, -0.2) is 4.39 Å². The van der Waals surface area contributed by atoms with Crippen molar-refractivity contribution >= 4 is 23.2 Å². The maximum atomic E-state index is 13.8. The molecular weight excluding hydrogens is 501 g/mol. The highest BCUT2D eigenvalue weighted by Gasteiger charge is 2.34. The lowest BCUT2D eigenvalue weighted by molar-refractivity contribution is -0.135. The fourth-order valence-corrected chi connectivity index (χ4v) is 6.16. The Bertz CT molecular complexity index is 1240. The number of carbonyl (C=O) groups is 2. The molecule has 1 fully saturated rings. The second-order valence-corrected chi connectivity index (χ2v) is 11.1. The van der Waals surface area contributed by atoms with E-state index in [2.05, 4.69) is 11.0 Å². The normalized spacial score (nSPS) is 17.3. The quantitative estimate of drug-likeness (QED) is 0.390. The molecule has 1 atom stereocenters. The van der Waals surface area contributed by atoms with Crippen LogP contribution in [0.4, 0.5) is 4.39 Å². The Labute approximate surface area is 227 Å². The van der Waals surface area contributed by atoms with Gasteiger partial charge in [0.25, 0.3) is 5.91 Å². The van der Waals surface area contributed by atoms with Crippen molar-refractivity contribution in [1.29, 1.82) is 0 Å². The van der Waals surface area contributed by atoms with Crippen molar-refractivity contribution in [1.82, 2.24) is 14.7 Å². The number of benzene rings is 2. The summed E-state index contributed by atoms with van der Waals surface area (Å²) in [5.74, 6) is 0.0310. The first-order valence-corrected chi connectivity index (χ1v) is 14.2. The monoisotopic (exact) mass is 535 g/mol. The van der Waals surface area contributed by atoms with Crippen LogP contribution in [0.3, 0.4) is 0 Å². The topological polar surface area (TPSA) is 53.1 Å². The molecule has 0 saturated carbocycles. The molecule has 1 aromatic heterocycles. The molecule has 0 aliphatic carbocycles. The van der Waals surface area contributed by atoms with E-state index in [9.17, 15) is 14.0 Å². The van der Waals surface area contributed by atoms with Crippen LogP contribution in [0.1, 0.15) is 45.2 Å². The van der Waals surface area contributed by atoms with Gasteiger partial charge in [0.1, 0.15) is 24.7 Å². The molecule has 1 saturated heterocycles. The maximum Gasteiger partial charge on any atom is 0.254 e. The Hall–Kier alpha value is -3.23. The Morgan fingerprint density at radius 2 is 1.76 bits per heavy atom. The number of likely N-dealkylation sites (tertiary alicyclic amines) is 1. The molecular formula is C30H34FN3O3S. The van der Waals surface area contributed by atoms with E-state index in [1.54, 1.807) is 28.4 Å². The van der Waals surface area contributed by atoms with Crippen LogP contribution < -0.4 is 4.74 Å². The smallest absolute Gasteiger partial charge is 0.254 e. The van der Waals surface area contributed by atoms with Crippen molar-refractivity contribution in [3.8, 4) is 5.75 Å². The molecule has 0 bridgehead atoms. The summed E-state index contributed by atoms with van der Waals surface area (Å²) in [5.41, 5.74) is 2.77. The van der Waals surface area contributed by atoms with Gasteiger partial charge in [-0.05, 0) is 92.7 Å². The third-order valence-electron chi connectivity index (χ3n) is 7.43. The number of hydrogen-bond donors (Lipinski definition) is 0. The molecule has 2 amide bonds. The third kappa shape index (κ3) is 6.25. The predicted octanol–water partition coefficient (Wildman–Crippen LogP) is 4.94. The number of hydrogen-bond acceptors (Lipinski definition) is 5. The number of halogens is 1. The first kappa shape index (κ1) is 26.4. The minimum Gasteiger partial charge on any atom is -0.491 e. The van der Waals surface area contributed by atoms with E-state index in [-0.39, 0.29) is 36.8 Å². The van der Waals surface area contributed by atoms with Crippen LogP contribution in [-0.2, 0) is 11.2 Å². The molecule has 0 N–H and O–H groups in total. The molecule has 3 aromatic rings. The van der Waals surface area contributed by atoms with Crippen molar-refractivity contribution in [3.05, 3.63) is 87.4 Å². The van der Waals surface area contributed by atoms with Crippen molar-refractivity contribution in [3.63, 3.8) is 0 Å². The zero-order valence-electron chi connectivity index (χ0n) is 21.8. The molecule has 2 aliphatic heterocycles. The van der Waals surface area contributed by atoms with E-state index < -0.39 is 0 Å². The second-order valence-electron chi connectivity index (χ2n) is 10.1. The van der Waals surface area contributed by atoms with Crippen LogP contribution in [0.2, 0.25) is 0 Å². The van der Waals surface area contributed by atoms with Gasteiger partial charge in [0.05, 0.1) is 6.04 Å². The number of ether oxygens (including phenoxy) is 1. The van der Waals surface area contributed by atoms with E-state index in [0.29, 0.717) is 24.4 Å². The molecule has 0 spiro atoms. The Morgan fingerprint density at radius 1 is 1.03 bits per heavy atom. The lowest BCUT2D eigenvalue weighted by atomic mass is 10.0. The largest absolute Gasteiger partial charge is 0.491 e. The number of aryl methyl sites for hydroxylation is 1. The second kappa shape index (κ2) is 12.1. The van der Waals surface area contributed by atoms with E-state index in [1.165, 1.54) is 29.9 Å². The number of fused-ring (bicyclic) bond motifs is 1. The van der Waals surface area contributed by atoms with Gasteiger partial charge in [0.15, 0.2) is 0 Å². The molecule has 8 heteroatoms. The van der Waals surface area contributed by atoms with Gasteiger partial charge in [0.2, 0.25) is 5.91 Å². The van der Waals surface area contributed by atoms with Crippen molar-refractivity contribution < 1.29 is 18.7 Å². The molecule has 200 valence electrons. The van der Waals surface area contributed by atoms with Gasteiger partial charge in [-0.15, -0.1) is 11.3 Å². The zero-order chi connectivity index (χ0) is 26.5. The number of nitrogens with zero attached hydrogens (tertiary/aromatic N) is 3. The molecule has 38 heavy (non-hydrogen) atoms. The molecule has 5 rings (SSSR count). The molecule has 2 aliphatic rings. The highest BCUT2D eigenvalue weighted by atomic mass is 32.1. The molecule has 2 aromatic carbocycles. The van der Waals surface area contributed by atoms with E-state index in [4.69, 9.17) is 4.74 Å². The summed E-state index contributed by atoms with van der Waals surface area (Å²) in [6.07, 6.45) is 3.14. The van der Waals surface area contributed by atoms with Crippen LogP contribution in [-0.4, -0.2) is 72.4 Å². The number of rotatable bonds is 9. The highest BCUT2D eigenvalue weighted by Crippen LogP contribution is 2.34. The molecule has 3 heterocycles. The first-order valence-electron chi connectivity index (χ1n) is 13.3. The van der Waals surface area contributed by atoms with Gasteiger partial charge in [-0.2, -0.15) is 0 Å². The van der Waals surface area contributed by atoms with Crippen LogP contribution in [0.5, 0.6) is 5.75 Å². The number of carbonyl (C=O) groups excluding carboxylic acids is 2. The Morgan fingerprint density at radius 3 is 2.50 bits per heavy atom. The van der Waals surface area contributed by atoms with Gasteiger partial charge in [-0.3, -0.25) is 9.59 Å². The zero-order valence-corrected chi connectivity index (χ0v) is 22.6. The average molecular weight is 536 g/mol. The van der Waals surface area contributed by atoms with E-state index in [1.807, 2.05) is 41.5 Å². The van der Waals surface area contributed by atoms with Crippen molar-refractivity contribution in [2.24, 2.45) is 0 Å². The lowest BCUT2D eigenvalue weighted by Gasteiger charge is -2.37. The van der Waals surface area contributed by atoms with Crippen LogP contribution >= 0.6 is 11.3 Å². The SMILES string of the molecule is Cc1ccc(C(=O)N(CCN2CCCC2)CC(=O)N2CCc3sccc3C2COc2ccc(F)cc2)cc1. The van der Waals surface area contributed by atoms with Gasteiger partial charge in [0, 0.05) is 30.1 Å². The molecule has 6 nitrogen and oxygen atoms in total. The number of amides is 2.